The third-order valence-corrected chi connectivity index (χ3v) is 17.3. The number of allylic oxidation sites excluding steroid dienone is 1. The molecule has 11 atom stereocenters. The number of rotatable bonds is 29. The lowest BCUT2D eigenvalue weighted by Gasteiger charge is -2.58. The summed E-state index contributed by atoms with van der Waals surface area (Å²) >= 11 is 0. The Balaban J connectivity index is 1.46. The van der Waals surface area contributed by atoms with Crippen molar-refractivity contribution in [2.45, 2.75) is 207 Å². The van der Waals surface area contributed by atoms with E-state index in [0.29, 0.717) is 54.0 Å². The van der Waals surface area contributed by atoms with Crippen LogP contribution in [0.5, 0.6) is 0 Å². The van der Waals surface area contributed by atoms with Crippen LogP contribution in [-0.2, 0) is 27.9 Å². The van der Waals surface area contributed by atoms with Crippen molar-refractivity contribution in [1.29, 1.82) is 0 Å². The number of likely N-dealkylation sites (N-methyl/N-ethyl adjacent to an activating group) is 1. The second-order valence-corrected chi connectivity index (χ2v) is 23.4. The molecule has 0 amide bonds. The molecule has 0 aromatic rings. The van der Waals surface area contributed by atoms with E-state index in [9.17, 15) is 29.3 Å². The Bertz CT molecular complexity index is 1460. The first kappa shape index (κ1) is 52.5. The van der Waals surface area contributed by atoms with E-state index in [1.807, 2.05) is 21.1 Å². The first-order chi connectivity index (χ1) is 28.7. The van der Waals surface area contributed by atoms with Gasteiger partial charge in [0, 0.05) is 6.42 Å². The van der Waals surface area contributed by atoms with Crippen molar-refractivity contribution in [2.24, 2.45) is 46.3 Å². The number of aliphatic hydroxyl groups excluding tert-OH is 1. The Morgan fingerprint density at radius 2 is 1.54 bits per heavy atom. The maximum absolute atomic E-state index is 14.2. The number of hydrogen-bond acceptors (Lipinski definition) is 8. The Morgan fingerprint density at radius 1 is 0.902 bits per heavy atom. The molecule has 10 nitrogen and oxygen atoms in total. The summed E-state index contributed by atoms with van der Waals surface area (Å²) in [5.41, 5.74) is -1.29. The molecule has 0 saturated heterocycles. The Labute approximate surface area is 371 Å². The van der Waals surface area contributed by atoms with Crippen molar-refractivity contribution >= 4 is 19.6 Å². The number of nitrogens with zero attached hydrogens (tertiary/aromatic N) is 1. The average Bonchev–Trinajstić information content (AvgIpc) is 3.54. The molecule has 3 saturated carbocycles. The van der Waals surface area contributed by atoms with Gasteiger partial charge in [-0.3, -0.25) is 13.9 Å². The summed E-state index contributed by atoms with van der Waals surface area (Å²) in [5, 5.41) is 21.7. The van der Waals surface area contributed by atoms with Gasteiger partial charge in [0.1, 0.15) is 19.3 Å². The summed E-state index contributed by atoms with van der Waals surface area (Å²) < 4.78 is 30.9. The summed E-state index contributed by atoms with van der Waals surface area (Å²) in [6, 6.07) is 0. The van der Waals surface area contributed by atoms with Gasteiger partial charge in [0.05, 0.1) is 33.9 Å². The van der Waals surface area contributed by atoms with Crippen LogP contribution in [0.4, 0.5) is 0 Å². The second kappa shape index (κ2) is 23.4. The topological polar surface area (TPSA) is 142 Å². The Morgan fingerprint density at radius 3 is 2.13 bits per heavy atom. The predicted octanol–water partition coefficient (Wildman–Crippen LogP) is 11.1. The maximum atomic E-state index is 14.2. The first-order valence-corrected chi connectivity index (χ1v) is 26.4. The molecule has 61 heavy (non-hydrogen) atoms. The van der Waals surface area contributed by atoms with Crippen LogP contribution in [0.15, 0.2) is 11.6 Å². The predicted molar refractivity (Wildman–Crippen MR) is 243 cm³/mol. The second-order valence-electron chi connectivity index (χ2n) is 22.1. The van der Waals surface area contributed by atoms with Crippen LogP contribution < -0.4 is 4.89 Å². The van der Waals surface area contributed by atoms with Gasteiger partial charge in [0.25, 0.3) is 13.4 Å². The van der Waals surface area contributed by atoms with Crippen LogP contribution in [0.1, 0.15) is 189 Å². The van der Waals surface area contributed by atoms with Gasteiger partial charge in [-0.05, 0) is 104 Å². The molecule has 3 fully saturated rings. The highest BCUT2D eigenvalue weighted by Gasteiger charge is 2.61. The van der Waals surface area contributed by atoms with Crippen molar-refractivity contribution in [3.8, 4) is 0 Å². The molecule has 0 bridgehead atoms. The van der Waals surface area contributed by atoms with Gasteiger partial charge >= 0.3 is 5.97 Å². The molecule has 0 heterocycles. The standard InChI is InChI=1S/C50H90NO9P/c1-10-11-12-13-14-15-16-17-18-19-20-24-45(53)50(47(54)55,60-61(56,57)58-34-33-51(7,8)9)46(36-52)59-40-29-31-48(5)39(35-40)25-26-41-43-28-27-42(38(4)23-21-22-37(2)3)49(43,6)32-30-44(41)48/h25,37-38,40-44,46,52H,10-24,26-36H2,1-9H3,(H-,54,55,56,57)/t38-,40?,41?,42-,43?,44?,46+,48+,49-,50?/m1/s1. The minimum Gasteiger partial charge on any atom is -0.756 e. The summed E-state index contributed by atoms with van der Waals surface area (Å²) in [7, 11) is 0.272. The fraction of sp³-hybridized carbons (Fsp3) is 0.920. The van der Waals surface area contributed by atoms with Crippen LogP contribution >= 0.6 is 7.82 Å². The van der Waals surface area contributed by atoms with E-state index in [1.165, 1.54) is 89.0 Å². The zero-order valence-electron chi connectivity index (χ0n) is 40.2. The molecule has 354 valence electrons. The van der Waals surface area contributed by atoms with Crippen molar-refractivity contribution < 1.29 is 47.5 Å². The van der Waals surface area contributed by atoms with Crippen LogP contribution in [-0.4, -0.2) is 85.2 Å². The van der Waals surface area contributed by atoms with Crippen LogP contribution in [0.25, 0.3) is 0 Å². The Hall–Kier alpha value is -1.13. The van der Waals surface area contributed by atoms with Gasteiger partial charge in [-0.15, -0.1) is 0 Å². The number of carboxylic acid groups (broad SMARTS) is 1. The molecule has 4 aliphatic rings. The number of phosphoric ester groups is 1. The molecule has 4 rings (SSSR count). The summed E-state index contributed by atoms with van der Waals surface area (Å²) in [4.78, 5) is 41.0. The Kier molecular flexibility index (Phi) is 20.1. The largest absolute Gasteiger partial charge is 0.756 e. The molecule has 0 aliphatic heterocycles. The molecular weight excluding hydrogens is 790 g/mol. The zero-order chi connectivity index (χ0) is 45.1. The number of carboxylic acids is 1. The van der Waals surface area contributed by atoms with Crippen molar-refractivity contribution in [3.63, 3.8) is 0 Å². The summed E-state index contributed by atoms with van der Waals surface area (Å²) in [6.45, 7) is 13.6. The number of quaternary nitrogens is 1. The minimum absolute atomic E-state index is 0.00479. The highest BCUT2D eigenvalue weighted by atomic mass is 31.2. The van der Waals surface area contributed by atoms with E-state index in [0.717, 1.165) is 55.8 Å². The van der Waals surface area contributed by atoms with E-state index in [1.54, 1.807) is 0 Å². The molecule has 0 radical (unpaired) electrons. The lowest BCUT2D eigenvalue weighted by atomic mass is 9.47. The normalized spacial score (nSPS) is 30.7. The smallest absolute Gasteiger partial charge is 0.347 e. The first-order valence-electron chi connectivity index (χ1n) is 24.9. The highest BCUT2D eigenvalue weighted by Crippen LogP contribution is 2.67. The molecule has 6 unspecified atom stereocenters. The van der Waals surface area contributed by atoms with E-state index < -0.39 is 44.0 Å². The van der Waals surface area contributed by atoms with Crippen LogP contribution in [0, 0.1) is 46.3 Å². The van der Waals surface area contributed by atoms with Gasteiger partial charge in [-0.2, -0.15) is 0 Å². The molecule has 0 aromatic carbocycles. The zero-order valence-corrected chi connectivity index (χ0v) is 41.1. The van der Waals surface area contributed by atoms with Crippen molar-refractivity contribution in [3.05, 3.63) is 11.6 Å². The average molecular weight is 880 g/mol. The van der Waals surface area contributed by atoms with Gasteiger partial charge < -0.3 is 28.9 Å². The van der Waals surface area contributed by atoms with Crippen molar-refractivity contribution in [1.82, 2.24) is 0 Å². The number of ketones is 1. The third-order valence-electron chi connectivity index (χ3n) is 16.2. The molecule has 2 N–H and O–H groups in total. The van der Waals surface area contributed by atoms with Crippen LogP contribution in [0.2, 0.25) is 0 Å². The van der Waals surface area contributed by atoms with E-state index in [-0.39, 0.29) is 18.4 Å². The third kappa shape index (κ3) is 13.7. The van der Waals surface area contributed by atoms with Gasteiger partial charge in [0.15, 0.2) is 5.78 Å². The van der Waals surface area contributed by atoms with Crippen LogP contribution in [0.3, 0.4) is 0 Å². The monoisotopic (exact) mass is 880 g/mol. The number of carbonyl (C=O) groups is 2. The van der Waals surface area contributed by atoms with Crippen molar-refractivity contribution in [2.75, 3.05) is 40.9 Å². The van der Waals surface area contributed by atoms with Gasteiger partial charge in [0.2, 0.25) is 0 Å². The minimum atomic E-state index is -5.35. The SMILES string of the molecule is CCCCCCCCCCCCCC(=O)C(OP(=O)([O-])OCC[N+](C)(C)C)(C(=O)O)[C@H](CO)OC1CC[C@@]2(C)C(=CCC3C2CC[C@@]2(C)C3CC[C@@H]2[C@H](C)CCCC(C)C)C1. The quantitative estimate of drug-likeness (QED) is 0.0247. The molecule has 4 aliphatic carbocycles. The van der Waals surface area contributed by atoms with E-state index in [2.05, 4.69) is 47.6 Å². The molecule has 0 aromatic heterocycles. The number of fused-ring (bicyclic) bond motifs is 5. The number of unbranched alkanes of at least 4 members (excludes halogenated alkanes) is 10. The number of carbonyl (C=O) groups excluding carboxylic acids is 1. The lowest BCUT2D eigenvalue weighted by molar-refractivity contribution is -0.870. The number of hydrogen-bond donors (Lipinski definition) is 2. The summed E-state index contributed by atoms with van der Waals surface area (Å²) in [6.07, 6.45) is 23.7. The highest BCUT2D eigenvalue weighted by molar-refractivity contribution is 7.46. The fourth-order valence-electron chi connectivity index (χ4n) is 12.6. The molecule has 0 spiro atoms. The van der Waals surface area contributed by atoms with Gasteiger partial charge in [-0.25, -0.2) is 4.79 Å². The lowest BCUT2D eigenvalue weighted by Crippen LogP contribution is -2.61. The number of Topliss-reactive ketones (excluding diaryl/α,β-unsaturated/α-hetero) is 1. The number of ether oxygens (including phenoxy) is 1. The molecule has 11 heteroatoms. The van der Waals surface area contributed by atoms with E-state index >= 15 is 0 Å². The fourth-order valence-corrected chi connectivity index (χ4v) is 13.6. The number of phosphoric acid groups is 1. The van der Waals surface area contributed by atoms with E-state index in [4.69, 9.17) is 13.8 Å². The van der Waals surface area contributed by atoms with Gasteiger partial charge in [-0.1, -0.05) is 137 Å². The number of aliphatic carboxylic acids is 1. The summed E-state index contributed by atoms with van der Waals surface area (Å²) in [5.74, 6) is 1.51. The maximum Gasteiger partial charge on any atom is 0.347 e. The molecular formula is C50H90NO9P. The number of aliphatic hydroxyl groups is 1.